The van der Waals surface area contributed by atoms with Gasteiger partial charge in [0.15, 0.2) is 52.5 Å². The fraction of sp³-hybridized carbons (Fsp3) is 0.136. The number of ether oxygens (including phenoxy) is 4. The zero-order valence-electron chi connectivity index (χ0n) is 32.8. The van der Waals surface area contributed by atoms with Gasteiger partial charge in [0.1, 0.15) is 46.7 Å². The third kappa shape index (κ3) is 8.18. The van der Waals surface area contributed by atoms with Gasteiger partial charge >= 0.3 is 11.9 Å². The fourth-order valence-corrected chi connectivity index (χ4v) is 7.22. The molecular weight excluding hydrogens is 864 g/mol. The van der Waals surface area contributed by atoms with Gasteiger partial charge in [0, 0.05) is 65.4 Å². The Labute approximate surface area is 363 Å². The van der Waals surface area contributed by atoms with Crippen LogP contribution in [0.1, 0.15) is 55.2 Å². The van der Waals surface area contributed by atoms with Crippen LogP contribution in [0.5, 0.6) is 97.7 Å². The Bertz CT molecular complexity index is 2890. The molecule has 0 amide bonds. The van der Waals surface area contributed by atoms with Gasteiger partial charge in [-0.2, -0.15) is 0 Å². The summed E-state index contributed by atoms with van der Waals surface area (Å²) in [7, 11) is 0. The molecule has 2 aliphatic rings. The predicted octanol–water partition coefficient (Wildman–Crippen LogP) is 5.04. The van der Waals surface area contributed by atoms with Gasteiger partial charge in [-0.05, 0) is 42.5 Å². The SMILES string of the molecule is O=C(OC1Cc2c(O)cc(O)cc2OC1c1ccc(O)c(O)c1)c1cc(O)c(O)c(OOc2cc(C3Oc4cc(O)cc(O)c4CC3OC(=O)c3cc(O)c(O)c(O)c3)cc(O)c2O)c1. The van der Waals surface area contributed by atoms with Crippen LogP contribution in [0.2, 0.25) is 0 Å². The van der Waals surface area contributed by atoms with Crippen molar-refractivity contribution >= 4 is 11.9 Å². The number of benzene rings is 6. The lowest BCUT2D eigenvalue weighted by molar-refractivity contribution is -0.104. The monoisotopic (exact) mass is 898 g/mol. The summed E-state index contributed by atoms with van der Waals surface area (Å²) in [5, 5.41) is 134. The van der Waals surface area contributed by atoms with E-state index >= 15 is 0 Å². The van der Waals surface area contributed by atoms with E-state index < -0.39 is 128 Å². The van der Waals surface area contributed by atoms with E-state index in [0.29, 0.717) is 0 Å². The lowest BCUT2D eigenvalue weighted by atomic mass is 9.93. The minimum absolute atomic E-state index is 0.0206. The first-order valence-electron chi connectivity index (χ1n) is 18.9. The highest BCUT2D eigenvalue weighted by molar-refractivity contribution is 5.92. The Kier molecular flexibility index (Phi) is 10.7. The fourth-order valence-electron chi connectivity index (χ4n) is 7.22. The third-order valence-corrected chi connectivity index (χ3v) is 10.4. The molecule has 0 bridgehead atoms. The Morgan fingerprint density at radius 1 is 0.431 bits per heavy atom. The number of rotatable bonds is 9. The number of hydrogen-bond acceptors (Lipinski definition) is 21. The zero-order valence-corrected chi connectivity index (χ0v) is 32.8. The number of fused-ring (bicyclic) bond motifs is 2. The van der Waals surface area contributed by atoms with Crippen LogP contribution in [0.15, 0.2) is 78.9 Å². The van der Waals surface area contributed by atoms with Crippen LogP contribution in [0.4, 0.5) is 0 Å². The molecule has 4 atom stereocenters. The number of phenolic OH excluding ortho intramolecular Hbond substituents is 13. The first kappa shape index (κ1) is 42.5. The van der Waals surface area contributed by atoms with Gasteiger partial charge < -0.3 is 85.3 Å². The van der Waals surface area contributed by atoms with Gasteiger partial charge in [-0.3, -0.25) is 9.78 Å². The normalized spacial score (nSPS) is 17.4. The largest absolute Gasteiger partial charge is 0.508 e. The molecule has 6 aromatic rings. The molecule has 2 aliphatic heterocycles. The molecule has 0 aliphatic carbocycles. The van der Waals surface area contributed by atoms with Gasteiger partial charge in [-0.25, -0.2) is 9.59 Å². The summed E-state index contributed by atoms with van der Waals surface area (Å²) in [6, 6.07) is 13.3. The molecule has 65 heavy (non-hydrogen) atoms. The highest BCUT2D eigenvalue weighted by Gasteiger charge is 2.39. The summed E-state index contributed by atoms with van der Waals surface area (Å²) in [6.45, 7) is 0. The van der Waals surface area contributed by atoms with E-state index in [9.17, 15) is 76.0 Å². The van der Waals surface area contributed by atoms with E-state index in [2.05, 4.69) is 0 Å². The standard InChI is InChI=1S/C44H34O21/c45-20-10-25(48)22-14-36(41(60-32(22)12-20)16-1-2-24(47)27(50)3-16)62-44(59)19-7-31(54)40(57)35(9-19)65-64-34-8-17(4-30(53)39(34)56)42-37(15-23-26(49)11-21(46)13-33(23)61-42)63-43(58)18-5-28(51)38(55)29(52)6-18/h1-13,36-37,41-42,45-57H,14-15H2. The number of phenols is 13. The molecule has 0 aromatic heterocycles. The minimum Gasteiger partial charge on any atom is -0.508 e. The van der Waals surface area contributed by atoms with Crippen LogP contribution < -0.4 is 19.2 Å². The quantitative estimate of drug-likeness (QED) is 0.0391. The van der Waals surface area contributed by atoms with Crippen molar-refractivity contribution in [1.29, 1.82) is 0 Å². The highest BCUT2D eigenvalue weighted by Crippen LogP contribution is 2.48. The first-order valence-corrected chi connectivity index (χ1v) is 18.9. The van der Waals surface area contributed by atoms with Crippen molar-refractivity contribution < 1.29 is 105 Å². The van der Waals surface area contributed by atoms with Gasteiger partial charge in [0.25, 0.3) is 0 Å². The second-order valence-corrected chi connectivity index (χ2v) is 14.8. The maximum absolute atomic E-state index is 13.7. The molecule has 21 heteroatoms. The molecule has 0 spiro atoms. The Hall–Kier alpha value is -9.14. The van der Waals surface area contributed by atoms with E-state index in [4.69, 9.17) is 28.7 Å². The molecule has 0 saturated carbocycles. The highest BCUT2D eigenvalue weighted by atomic mass is 17.2. The number of hydrogen-bond donors (Lipinski definition) is 13. The van der Waals surface area contributed by atoms with Gasteiger partial charge in [-0.1, -0.05) is 6.07 Å². The molecule has 4 unspecified atom stereocenters. The smallest absolute Gasteiger partial charge is 0.338 e. The van der Waals surface area contributed by atoms with E-state index in [-0.39, 0.29) is 52.3 Å². The van der Waals surface area contributed by atoms with Crippen LogP contribution >= 0.6 is 0 Å². The topological polar surface area (TPSA) is 353 Å². The maximum atomic E-state index is 13.7. The Morgan fingerprint density at radius 2 is 0.862 bits per heavy atom. The molecule has 21 nitrogen and oxygen atoms in total. The van der Waals surface area contributed by atoms with E-state index in [1.807, 2.05) is 0 Å². The van der Waals surface area contributed by atoms with E-state index in [0.717, 1.165) is 66.7 Å². The second-order valence-electron chi connectivity index (χ2n) is 14.8. The molecule has 2 heterocycles. The summed E-state index contributed by atoms with van der Waals surface area (Å²) in [6.07, 6.45) is -5.86. The summed E-state index contributed by atoms with van der Waals surface area (Å²) < 4.78 is 23.4. The van der Waals surface area contributed by atoms with Gasteiger partial charge in [0.05, 0.1) is 11.1 Å². The summed E-state index contributed by atoms with van der Waals surface area (Å²) in [4.78, 5) is 37.5. The lowest BCUT2D eigenvalue weighted by Gasteiger charge is -2.34. The molecule has 0 radical (unpaired) electrons. The number of carbonyl (C=O) groups excluding carboxylic acids is 2. The number of esters is 2. The average Bonchev–Trinajstić information content (AvgIpc) is 3.25. The predicted molar refractivity (Wildman–Crippen MR) is 214 cm³/mol. The Morgan fingerprint density at radius 3 is 1.37 bits per heavy atom. The van der Waals surface area contributed by atoms with Crippen molar-refractivity contribution in [3.8, 4) is 97.7 Å². The molecule has 0 fully saturated rings. The van der Waals surface area contributed by atoms with Crippen molar-refractivity contribution in [3.05, 3.63) is 112 Å². The van der Waals surface area contributed by atoms with Crippen LogP contribution in [0.25, 0.3) is 0 Å². The molecule has 13 N–H and O–H groups in total. The minimum atomic E-state index is -1.45. The molecule has 8 rings (SSSR count). The van der Waals surface area contributed by atoms with E-state index in [1.54, 1.807) is 0 Å². The van der Waals surface area contributed by atoms with Gasteiger partial charge in [-0.15, -0.1) is 0 Å². The number of aromatic hydroxyl groups is 13. The molecule has 336 valence electrons. The summed E-state index contributed by atoms with van der Waals surface area (Å²) in [5.74, 6) is -12.8. The second kappa shape index (κ2) is 16.3. The third-order valence-electron chi connectivity index (χ3n) is 10.4. The summed E-state index contributed by atoms with van der Waals surface area (Å²) in [5.41, 5.74) is -0.595. The summed E-state index contributed by atoms with van der Waals surface area (Å²) >= 11 is 0. The van der Waals surface area contributed by atoms with Crippen molar-refractivity contribution in [1.82, 2.24) is 0 Å². The van der Waals surface area contributed by atoms with Crippen molar-refractivity contribution in [2.75, 3.05) is 0 Å². The van der Waals surface area contributed by atoms with Crippen LogP contribution in [-0.2, 0) is 22.3 Å². The first-order chi connectivity index (χ1) is 30.8. The van der Waals surface area contributed by atoms with Gasteiger partial charge in [0.2, 0.25) is 23.0 Å². The van der Waals surface area contributed by atoms with Crippen molar-refractivity contribution in [2.24, 2.45) is 0 Å². The number of carbonyl (C=O) groups is 2. The molecule has 6 aromatic carbocycles. The van der Waals surface area contributed by atoms with Crippen molar-refractivity contribution in [3.63, 3.8) is 0 Å². The molecule has 0 saturated heterocycles. The zero-order chi connectivity index (χ0) is 46.6. The van der Waals surface area contributed by atoms with Crippen LogP contribution in [0, 0.1) is 0 Å². The lowest BCUT2D eigenvalue weighted by Crippen LogP contribution is -2.34. The Balaban J connectivity index is 1.07. The van der Waals surface area contributed by atoms with Crippen LogP contribution in [-0.4, -0.2) is 90.5 Å². The van der Waals surface area contributed by atoms with E-state index in [1.165, 1.54) is 12.1 Å². The molecular formula is C44H34O21. The average molecular weight is 899 g/mol. The van der Waals surface area contributed by atoms with Crippen molar-refractivity contribution in [2.45, 2.75) is 37.3 Å². The maximum Gasteiger partial charge on any atom is 0.338 e. The van der Waals surface area contributed by atoms with Crippen LogP contribution in [0.3, 0.4) is 0 Å².